The number of carbonyl (C=O) groups excluding carboxylic acids is 1. The van der Waals surface area contributed by atoms with Crippen LogP contribution in [0.3, 0.4) is 0 Å². The highest BCUT2D eigenvalue weighted by atomic mass is 19.1. The third kappa shape index (κ3) is 2.55. The molecule has 0 aromatic heterocycles. The minimum atomic E-state index is -1.08. The number of benzene rings is 1. The highest BCUT2D eigenvalue weighted by Crippen LogP contribution is 2.25. The lowest BCUT2D eigenvalue weighted by molar-refractivity contribution is -0.124. The van der Waals surface area contributed by atoms with Crippen LogP contribution in [0.25, 0.3) is 0 Å². The van der Waals surface area contributed by atoms with E-state index in [1.807, 2.05) is 6.92 Å². The molecule has 3 N–H and O–H groups in total. The Labute approximate surface area is 100.0 Å². The van der Waals surface area contributed by atoms with Gasteiger partial charge in [0, 0.05) is 0 Å². The zero-order valence-corrected chi connectivity index (χ0v) is 10.2. The number of hydrogen-bond acceptors (Lipinski definition) is 3. The lowest BCUT2D eigenvalue weighted by atomic mass is 9.91. The highest BCUT2D eigenvalue weighted by molar-refractivity contribution is 5.85. The Morgan fingerprint density at radius 1 is 1.59 bits per heavy atom. The van der Waals surface area contributed by atoms with Crippen molar-refractivity contribution in [2.45, 2.75) is 19.4 Å². The summed E-state index contributed by atoms with van der Waals surface area (Å²) in [5, 5.41) is 2.96. The first-order valence-corrected chi connectivity index (χ1v) is 5.34. The number of hydrogen-bond donors (Lipinski definition) is 2. The van der Waals surface area contributed by atoms with E-state index in [0.29, 0.717) is 12.1 Å². The predicted octanol–water partition coefficient (Wildman–Crippen LogP) is 1.14. The van der Waals surface area contributed by atoms with Crippen molar-refractivity contribution in [3.63, 3.8) is 0 Å². The molecule has 0 aliphatic heterocycles. The topological polar surface area (TPSA) is 64.3 Å². The maximum atomic E-state index is 13.6. The summed E-state index contributed by atoms with van der Waals surface area (Å²) in [6.45, 7) is 4.02. The van der Waals surface area contributed by atoms with Crippen LogP contribution in [0.2, 0.25) is 0 Å². The number of carbonyl (C=O) groups is 1. The van der Waals surface area contributed by atoms with Crippen LogP contribution in [0, 0.1) is 5.82 Å². The molecular weight excluding hydrogens is 223 g/mol. The fourth-order valence-corrected chi connectivity index (χ4v) is 1.66. The number of amides is 1. The van der Waals surface area contributed by atoms with Crippen LogP contribution >= 0.6 is 0 Å². The Hall–Kier alpha value is -1.62. The van der Waals surface area contributed by atoms with Crippen molar-refractivity contribution < 1.29 is 13.9 Å². The van der Waals surface area contributed by atoms with Crippen LogP contribution in [0.5, 0.6) is 5.75 Å². The van der Waals surface area contributed by atoms with Crippen molar-refractivity contribution in [2.24, 2.45) is 5.73 Å². The zero-order valence-electron chi connectivity index (χ0n) is 10.2. The molecular formula is C12H17FN2O2. The van der Waals surface area contributed by atoms with Gasteiger partial charge in [-0.05, 0) is 31.2 Å². The van der Waals surface area contributed by atoms with Gasteiger partial charge in [-0.15, -0.1) is 0 Å². The Balaban J connectivity index is 3.20. The molecule has 0 fully saturated rings. The maximum Gasteiger partial charge on any atom is 0.242 e. The van der Waals surface area contributed by atoms with E-state index in [4.69, 9.17) is 10.5 Å². The Bertz CT molecular complexity index is 423. The largest absolute Gasteiger partial charge is 0.494 e. The molecule has 0 radical (unpaired) electrons. The van der Waals surface area contributed by atoms with Gasteiger partial charge in [0.2, 0.25) is 5.91 Å². The standard InChI is InChI=1S/C12H17FN2O2/c1-4-15-12(2,11(14)16)8-5-6-10(17-3)9(13)7-8/h5-7,15H,4H2,1-3H3,(H2,14,16). The van der Waals surface area contributed by atoms with Crippen LogP contribution in [-0.2, 0) is 10.3 Å². The molecule has 0 heterocycles. The summed E-state index contributed by atoms with van der Waals surface area (Å²) in [5.74, 6) is -0.934. The summed E-state index contributed by atoms with van der Waals surface area (Å²) in [6, 6.07) is 4.35. The molecule has 0 saturated heterocycles. The second-order valence-electron chi connectivity index (χ2n) is 3.87. The Kier molecular flexibility index (Phi) is 4.07. The second-order valence-corrected chi connectivity index (χ2v) is 3.87. The molecule has 17 heavy (non-hydrogen) atoms. The maximum absolute atomic E-state index is 13.6. The lowest BCUT2D eigenvalue weighted by Gasteiger charge is -2.27. The van der Waals surface area contributed by atoms with Gasteiger partial charge in [0.25, 0.3) is 0 Å². The molecule has 1 aromatic rings. The number of methoxy groups -OCH3 is 1. The fraction of sp³-hybridized carbons (Fsp3) is 0.417. The number of ether oxygens (including phenoxy) is 1. The normalized spacial score (nSPS) is 14.1. The van der Waals surface area contributed by atoms with Gasteiger partial charge in [-0.25, -0.2) is 4.39 Å². The van der Waals surface area contributed by atoms with Gasteiger partial charge < -0.3 is 15.8 Å². The first-order chi connectivity index (χ1) is 7.95. The molecule has 0 spiro atoms. The smallest absolute Gasteiger partial charge is 0.242 e. The summed E-state index contributed by atoms with van der Waals surface area (Å²) in [5.41, 5.74) is 4.75. The predicted molar refractivity (Wildman–Crippen MR) is 63.2 cm³/mol. The van der Waals surface area contributed by atoms with E-state index >= 15 is 0 Å². The zero-order chi connectivity index (χ0) is 13.1. The molecule has 1 aromatic carbocycles. The molecule has 0 saturated carbocycles. The summed E-state index contributed by atoms with van der Waals surface area (Å²) >= 11 is 0. The molecule has 1 amide bonds. The van der Waals surface area contributed by atoms with E-state index in [0.717, 1.165) is 0 Å². The van der Waals surface area contributed by atoms with Crippen molar-refractivity contribution in [3.05, 3.63) is 29.6 Å². The molecule has 0 bridgehead atoms. The molecule has 4 nitrogen and oxygen atoms in total. The van der Waals surface area contributed by atoms with E-state index < -0.39 is 17.3 Å². The highest BCUT2D eigenvalue weighted by Gasteiger charge is 2.32. The van der Waals surface area contributed by atoms with Gasteiger partial charge in [0.15, 0.2) is 11.6 Å². The van der Waals surface area contributed by atoms with E-state index in [1.165, 1.54) is 19.2 Å². The molecule has 0 aliphatic carbocycles. The van der Waals surface area contributed by atoms with Gasteiger partial charge in [0.05, 0.1) is 7.11 Å². The molecule has 94 valence electrons. The summed E-state index contributed by atoms with van der Waals surface area (Å²) < 4.78 is 18.4. The van der Waals surface area contributed by atoms with Crippen LogP contribution in [0.4, 0.5) is 4.39 Å². The molecule has 1 unspecified atom stereocenters. The van der Waals surface area contributed by atoms with Crippen molar-refractivity contribution in [3.8, 4) is 5.75 Å². The van der Waals surface area contributed by atoms with Crippen molar-refractivity contribution in [1.29, 1.82) is 0 Å². The van der Waals surface area contributed by atoms with Crippen LogP contribution in [0.1, 0.15) is 19.4 Å². The summed E-state index contributed by atoms with van der Waals surface area (Å²) in [7, 11) is 1.38. The quantitative estimate of drug-likeness (QED) is 0.811. The molecule has 1 rings (SSSR count). The molecule has 0 aliphatic rings. The lowest BCUT2D eigenvalue weighted by Crippen LogP contribution is -2.50. The third-order valence-electron chi connectivity index (χ3n) is 2.75. The number of nitrogens with two attached hydrogens (primary N) is 1. The van der Waals surface area contributed by atoms with Gasteiger partial charge in [0.1, 0.15) is 5.54 Å². The number of likely N-dealkylation sites (N-methyl/N-ethyl adjacent to an activating group) is 1. The number of halogens is 1. The minimum absolute atomic E-state index is 0.136. The number of primary amides is 1. The SMILES string of the molecule is CCNC(C)(C(N)=O)c1ccc(OC)c(F)c1. The third-order valence-corrected chi connectivity index (χ3v) is 2.75. The number of nitrogens with one attached hydrogen (secondary N) is 1. The van der Waals surface area contributed by atoms with Gasteiger partial charge in [-0.3, -0.25) is 4.79 Å². The van der Waals surface area contributed by atoms with E-state index in [1.54, 1.807) is 13.0 Å². The Morgan fingerprint density at radius 3 is 2.65 bits per heavy atom. The van der Waals surface area contributed by atoms with Crippen LogP contribution in [0.15, 0.2) is 18.2 Å². The molecule has 1 atom stereocenters. The van der Waals surface area contributed by atoms with E-state index in [-0.39, 0.29) is 5.75 Å². The van der Waals surface area contributed by atoms with Gasteiger partial charge in [-0.2, -0.15) is 0 Å². The Morgan fingerprint density at radius 2 is 2.24 bits per heavy atom. The van der Waals surface area contributed by atoms with Gasteiger partial charge in [-0.1, -0.05) is 13.0 Å². The van der Waals surface area contributed by atoms with E-state index in [9.17, 15) is 9.18 Å². The first-order valence-electron chi connectivity index (χ1n) is 5.34. The van der Waals surface area contributed by atoms with Crippen LogP contribution < -0.4 is 15.8 Å². The van der Waals surface area contributed by atoms with Crippen molar-refractivity contribution in [1.82, 2.24) is 5.32 Å². The molecule has 5 heteroatoms. The second kappa shape index (κ2) is 5.14. The van der Waals surface area contributed by atoms with E-state index in [2.05, 4.69) is 5.32 Å². The fourth-order valence-electron chi connectivity index (χ4n) is 1.66. The van der Waals surface area contributed by atoms with Crippen LogP contribution in [-0.4, -0.2) is 19.6 Å². The van der Waals surface area contributed by atoms with Gasteiger partial charge >= 0.3 is 0 Å². The average molecular weight is 240 g/mol. The summed E-state index contributed by atoms with van der Waals surface area (Å²) in [6.07, 6.45) is 0. The number of rotatable bonds is 5. The van der Waals surface area contributed by atoms with Crippen molar-refractivity contribution >= 4 is 5.91 Å². The minimum Gasteiger partial charge on any atom is -0.494 e. The monoisotopic (exact) mass is 240 g/mol. The average Bonchev–Trinajstić information content (AvgIpc) is 2.28. The summed E-state index contributed by atoms with van der Waals surface area (Å²) in [4.78, 5) is 11.5. The first kappa shape index (κ1) is 13.4. The van der Waals surface area contributed by atoms with Crippen molar-refractivity contribution in [2.75, 3.05) is 13.7 Å².